The molecule has 1 aliphatic rings. The van der Waals surface area contributed by atoms with E-state index in [1.807, 2.05) is 53.7 Å². The lowest BCUT2D eigenvalue weighted by atomic mass is 9.85. The van der Waals surface area contributed by atoms with Crippen LogP contribution in [0.1, 0.15) is 21.8 Å². The number of hydrogen-bond donors (Lipinski definition) is 0. The Morgan fingerprint density at radius 1 is 0.931 bits per heavy atom. The molecule has 0 amide bonds. The normalized spacial score (nSPS) is 15.7. The smallest absolute Gasteiger partial charge is 0.191 e. The molecule has 0 fully saturated rings. The van der Waals surface area contributed by atoms with Crippen molar-refractivity contribution < 1.29 is 13.9 Å². The van der Waals surface area contributed by atoms with Crippen LogP contribution in [0.25, 0.3) is 0 Å². The van der Waals surface area contributed by atoms with Crippen LogP contribution in [0.5, 0.6) is 5.75 Å². The molecule has 0 saturated carbocycles. The number of ether oxygens (including phenoxy) is 1. The first-order valence-electron chi connectivity index (χ1n) is 9.33. The largest absolute Gasteiger partial charge is 0.497 e. The molecule has 1 heterocycles. The van der Waals surface area contributed by atoms with Crippen molar-refractivity contribution in [2.45, 2.75) is 5.92 Å². The number of nitrogens with zero attached hydrogens (tertiary/aromatic N) is 1. The van der Waals surface area contributed by atoms with Gasteiger partial charge in [-0.05, 0) is 54.1 Å². The standard InChI is InChI=1S/C25H20FNO2/c1-29-22-13-7-19(8-14-22)25(28)24-17-27(21-11-9-20(26)10-12-21)16-15-23(24)18-5-3-2-4-6-18/h2-17,23H,1H3. The number of ketones is 1. The lowest BCUT2D eigenvalue weighted by Gasteiger charge is -2.27. The number of rotatable bonds is 5. The summed E-state index contributed by atoms with van der Waals surface area (Å²) in [6.45, 7) is 0. The predicted octanol–water partition coefficient (Wildman–Crippen LogP) is 5.72. The molecule has 3 aromatic carbocycles. The summed E-state index contributed by atoms with van der Waals surface area (Å²) in [7, 11) is 1.59. The highest BCUT2D eigenvalue weighted by atomic mass is 19.1. The van der Waals surface area contributed by atoms with Crippen molar-refractivity contribution in [1.29, 1.82) is 0 Å². The minimum Gasteiger partial charge on any atom is -0.497 e. The summed E-state index contributed by atoms with van der Waals surface area (Å²) in [4.78, 5) is 15.2. The van der Waals surface area contributed by atoms with E-state index in [0.717, 1.165) is 11.3 Å². The van der Waals surface area contributed by atoms with Crippen LogP contribution in [-0.4, -0.2) is 12.9 Å². The first kappa shape index (κ1) is 18.7. The van der Waals surface area contributed by atoms with Gasteiger partial charge < -0.3 is 9.64 Å². The highest BCUT2D eigenvalue weighted by molar-refractivity contribution is 6.10. The molecule has 3 nitrogen and oxygen atoms in total. The Hall–Kier alpha value is -3.66. The first-order valence-corrected chi connectivity index (χ1v) is 9.33. The molecule has 0 aliphatic carbocycles. The first-order chi connectivity index (χ1) is 14.2. The fourth-order valence-electron chi connectivity index (χ4n) is 3.39. The zero-order chi connectivity index (χ0) is 20.2. The maximum Gasteiger partial charge on any atom is 0.191 e. The quantitative estimate of drug-likeness (QED) is 0.526. The van der Waals surface area contributed by atoms with E-state index in [0.29, 0.717) is 16.9 Å². The molecular formula is C25H20FNO2. The Balaban J connectivity index is 1.74. The van der Waals surface area contributed by atoms with Crippen LogP contribution in [0.3, 0.4) is 0 Å². The minimum atomic E-state index is -0.296. The Bertz CT molecular complexity index is 1050. The molecule has 0 bridgehead atoms. The van der Waals surface area contributed by atoms with Crippen LogP contribution >= 0.6 is 0 Å². The van der Waals surface area contributed by atoms with Gasteiger partial charge in [-0.2, -0.15) is 0 Å². The average Bonchev–Trinajstić information content (AvgIpc) is 2.79. The maximum atomic E-state index is 13.4. The fourth-order valence-corrected chi connectivity index (χ4v) is 3.39. The van der Waals surface area contributed by atoms with Gasteiger partial charge in [-0.3, -0.25) is 4.79 Å². The van der Waals surface area contributed by atoms with Gasteiger partial charge in [0.15, 0.2) is 5.78 Å². The van der Waals surface area contributed by atoms with Gasteiger partial charge in [0.05, 0.1) is 7.11 Å². The van der Waals surface area contributed by atoms with E-state index in [9.17, 15) is 9.18 Å². The number of methoxy groups -OCH3 is 1. The molecule has 4 heteroatoms. The van der Waals surface area contributed by atoms with Crippen LogP contribution in [0.15, 0.2) is 103 Å². The summed E-state index contributed by atoms with van der Waals surface area (Å²) < 4.78 is 18.5. The van der Waals surface area contributed by atoms with Gasteiger partial charge >= 0.3 is 0 Å². The van der Waals surface area contributed by atoms with Crippen LogP contribution in [0.4, 0.5) is 10.1 Å². The topological polar surface area (TPSA) is 29.5 Å². The summed E-state index contributed by atoms with van der Waals surface area (Å²) in [5.41, 5.74) is 3.06. The number of hydrogen-bond acceptors (Lipinski definition) is 3. The van der Waals surface area contributed by atoms with Gasteiger partial charge in [0.2, 0.25) is 0 Å². The Morgan fingerprint density at radius 2 is 1.62 bits per heavy atom. The third-order valence-electron chi connectivity index (χ3n) is 4.95. The fraction of sp³-hybridized carbons (Fsp3) is 0.0800. The lowest BCUT2D eigenvalue weighted by Crippen LogP contribution is -2.21. The van der Waals surface area contributed by atoms with Crippen molar-refractivity contribution in [2.24, 2.45) is 0 Å². The number of allylic oxidation sites excluding steroid dienone is 2. The van der Waals surface area contributed by atoms with Crippen molar-refractivity contribution >= 4 is 11.5 Å². The van der Waals surface area contributed by atoms with Crippen LogP contribution < -0.4 is 9.64 Å². The molecule has 0 saturated heterocycles. The zero-order valence-electron chi connectivity index (χ0n) is 16.0. The Morgan fingerprint density at radius 3 is 2.28 bits per heavy atom. The average molecular weight is 385 g/mol. The molecule has 1 atom stereocenters. The molecule has 0 radical (unpaired) electrons. The van der Waals surface area contributed by atoms with Crippen molar-refractivity contribution in [2.75, 3.05) is 12.0 Å². The van der Waals surface area contributed by atoms with E-state index < -0.39 is 0 Å². The van der Waals surface area contributed by atoms with E-state index in [1.54, 1.807) is 43.5 Å². The molecule has 3 aromatic rings. The Labute approximate surface area is 169 Å². The van der Waals surface area contributed by atoms with Gasteiger partial charge in [0.25, 0.3) is 0 Å². The predicted molar refractivity (Wildman–Crippen MR) is 113 cm³/mol. The number of anilines is 1. The second-order valence-electron chi connectivity index (χ2n) is 6.76. The molecule has 1 aliphatic heterocycles. The summed E-state index contributed by atoms with van der Waals surface area (Å²) in [6.07, 6.45) is 5.74. The molecule has 0 spiro atoms. The third-order valence-corrected chi connectivity index (χ3v) is 4.95. The van der Waals surface area contributed by atoms with Crippen molar-refractivity contribution in [1.82, 2.24) is 0 Å². The van der Waals surface area contributed by atoms with E-state index in [1.165, 1.54) is 12.1 Å². The molecule has 0 aromatic heterocycles. The lowest BCUT2D eigenvalue weighted by molar-refractivity contribution is 0.102. The monoisotopic (exact) mass is 385 g/mol. The van der Waals surface area contributed by atoms with Crippen molar-refractivity contribution in [3.8, 4) is 5.75 Å². The highest BCUT2D eigenvalue weighted by Gasteiger charge is 2.25. The molecule has 29 heavy (non-hydrogen) atoms. The third kappa shape index (κ3) is 3.97. The number of benzene rings is 3. The SMILES string of the molecule is COc1ccc(C(=O)C2=CN(c3ccc(F)cc3)C=CC2c2ccccc2)cc1. The van der Waals surface area contributed by atoms with Gasteiger partial charge in [-0.1, -0.05) is 36.4 Å². The van der Waals surface area contributed by atoms with Crippen LogP contribution in [-0.2, 0) is 0 Å². The molecule has 1 unspecified atom stereocenters. The Kier molecular flexibility index (Phi) is 5.25. The van der Waals surface area contributed by atoms with Gasteiger partial charge in [-0.15, -0.1) is 0 Å². The van der Waals surface area contributed by atoms with E-state index in [4.69, 9.17) is 4.74 Å². The number of carbonyl (C=O) groups excluding carboxylic acids is 1. The number of Topliss-reactive ketones (excluding diaryl/α,β-unsaturated/α-hetero) is 1. The summed E-state index contributed by atoms with van der Waals surface area (Å²) in [5, 5.41) is 0. The summed E-state index contributed by atoms with van der Waals surface area (Å²) >= 11 is 0. The van der Waals surface area contributed by atoms with Crippen LogP contribution in [0, 0.1) is 5.82 Å². The second-order valence-corrected chi connectivity index (χ2v) is 6.76. The van der Waals surface area contributed by atoms with E-state index in [2.05, 4.69) is 0 Å². The molecule has 144 valence electrons. The molecule has 0 N–H and O–H groups in total. The van der Waals surface area contributed by atoms with Gasteiger partial charge in [0, 0.05) is 35.1 Å². The zero-order valence-corrected chi connectivity index (χ0v) is 16.0. The van der Waals surface area contributed by atoms with Crippen molar-refractivity contribution in [3.05, 3.63) is 120 Å². The van der Waals surface area contributed by atoms with Crippen LogP contribution in [0.2, 0.25) is 0 Å². The second kappa shape index (κ2) is 8.15. The number of halogens is 1. The highest BCUT2D eigenvalue weighted by Crippen LogP contribution is 2.34. The number of carbonyl (C=O) groups is 1. The van der Waals surface area contributed by atoms with E-state index >= 15 is 0 Å². The summed E-state index contributed by atoms with van der Waals surface area (Å²) in [5.74, 6) is 0.183. The van der Waals surface area contributed by atoms with E-state index in [-0.39, 0.29) is 17.5 Å². The van der Waals surface area contributed by atoms with Gasteiger partial charge in [0.1, 0.15) is 11.6 Å². The molecule has 4 rings (SSSR count). The van der Waals surface area contributed by atoms with Gasteiger partial charge in [-0.25, -0.2) is 4.39 Å². The maximum absolute atomic E-state index is 13.4. The molecular weight excluding hydrogens is 365 g/mol. The van der Waals surface area contributed by atoms with Crippen molar-refractivity contribution in [3.63, 3.8) is 0 Å². The minimum absolute atomic E-state index is 0.0574. The summed E-state index contributed by atoms with van der Waals surface area (Å²) in [6, 6.07) is 23.2.